The molecule has 4 rings (SSSR count). The lowest BCUT2D eigenvalue weighted by atomic mass is 9.96. The van der Waals surface area contributed by atoms with Gasteiger partial charge in [-0.05, 0) is 35.8 Å². The number of piperazine rings is 1. The van der Waals surface area contributed by atoms with Gasteiger partial charge in [0.1, 0.15) is 5.00 Å². The van der Waals surface area contributed by atoms with E-state index in [1.165, 1.54) is 34.5 Å². The quantitative estimate of drug-likeness (QED) is 0.363. The molecule has 1 amide bonds. The van der Waals surface area contributed by atoms with Crippen LogP contribution in [0.2, 0.25) is 0 Å². The highest BCUT2D eigenvalue weighted by molar-refractivity contribution is 7.80. The van der Waals surface area contributed by atoms with Crippen molar-refractivity contribution in [3.05, 3.63) is 87.8 Å². The minimum Gasteiger partial charge on any atom is -0.465 e. The third-order valence-electron chi connectivity index (χ3n) is 6.55. The predicted octanol–water partition coefficient (Wildman–Crippen LogP) is 4.65. The van der Waals surface area contributed by atoms with Crippen molar-refractivity contribution in [2.45, 2.75) is 13.0 Å². The first kappa shape index (κ1) is 26.8. The number of ether oxygens (including phenoxy) is 1. The zero-order valence-corrected chi connectivity index (χ0v) is 23.2. The molecule has 0 spiro atoms. The molecular weight excluding hydrogens is 504 g/mol. The molecule has 2 aromatic carbocycles. The van der Waals surface area contributed by atoms with Crippen LogP contribution < -0.4 is 5.32 Å². The standard InChI is InChI=1S/C28H32N4O3S2/c1-19-22(27(34)35-4)25(37-24(19)26(33)30(2)3)29-28(36)32-17-15-31(16-18-32)23(20-11-7-5-8-12-20)21-13-9-6-10-14-21/h5-14,23H,15-18H2,1-4H3,(H,29,36). The first-order valence-electron chi connectivity index (χ1n) is 12.1. The number of nitrogens with one attached hydrogen (secondary N) is 1. The fourth-order valence-corrected chi connectivity index (χ4v) is 6.17. The molecule has 3 aromatic rings. The number of nitrogens with zero attached hydrogens (tertiary/aromatic N) is 3. The molecule has 0 unspecified atom stereocenters. The molecule has 1 N–H and O–H groups in total. The number of carbonyl (C=O) groups is 2. The van der Waals surface area contributed by atoms with E-state index in [4.69, 9.17) is 17.0 Å². The summed E-state index contributed by atoms with van der Waals surface area (Å²) in [6.07, 6.45) is 0. The number of carbonyl (C=O) groups excluding carboxylic acids is 2. The van der Waals surface area contributed by atoms with Gasteiger partial charge in [0.15, 0.2) is 5.11 Å². The lowest BCUT2D eigenvalue weighted by Gasteiger charge is -2.40. The van der Waals surface area contributed by atoms with Gasteiger partial charge in [-0.15, -0.1) is 11.3 Å². The maximum absolute atomic E-state index is 12.7. The van der Waals surface area contributed by atoms with E-state index >= 15 is 0 Å². The van der Waals surface area contributed by atoms with Gasteiger partial charge in [-0.2, -0.15) is 0 Å². The number of methoxy groups -OCH3 is 1. The Morgan fingerprint density at radius 2 is 1.51 bits per heavy atom. The van der Waals surface area contributed by atoms with Crippen molar-refractivity contribution in [2.24, 2.45) is 0 Å². The molecule has 1 fully saturated rings. The van der Waals surface area contributed by atoms with Crippen LogP contribution in [0.1, 0.15) is 42.8 Å². The fourth-order valence-electron chi connectivity index (χ4n) is 4.60. The monoisotopic (exact) mass is 536 g/mol. The number of benzene rings is 2. The second kappa shape index (κ2) is 11.9. The first-order chi connectivity index (χ1) is 17.8. The van der Waals surface area contributed by atoms with Crippen molar-refractivity contribution in [1.82, 2.24) is 14.7 Å². The van der Waals surface area contributed by atoms with E-state index < -0.39 is 5.97 Å². The molecule has 0 bridgehead atoms. The Bertz CT molecular complexity index is 1210. The summed E-state index contributed by atoms with van der Waals surface area (Å²) in [5.74, 6) is -0.650. The van der Waals surface area contributed by atoms with Gasteiger partial charge in [0.25, 0.3) is 5.91 Å². The van der Waals surface area contributed by atoms with E-state index in [9.17, 15) is 9.59 Å². The van der Waals surface area contributed by atoms with E-state index in [-0.39, 0.29) is 11.9 Å². The van der Waals surface area contributed by atoms with E-state index in [0.29, 0.717) is 26.1 Å². The van der Waals surface area contributed by atoms with Gasteiger partial charge in [0.2, 0.25) is 0 Å². The Labute approximate surface area is 227 Å². The Kier molecular flexibility index (Phi) is 8.58. The minimum absolute atomic E-state index is 0.159. The number of hydrogen-bond donors (Lipinski definition) is 1. The average Bonchev–Trinajstić information content (AvgIpc) is 3.24. The summed E-state index contributed by atoms with van der Waals surface area (Å²) in [6, 6.07) is 21.3. The van der Waals surface area contributed by atoms with Crippen LogP contribution >= 0.6 is 23.6 Å². The number of thiocarbonyl (C=S) groups is 1. The summed E-state index contributed by atoms with van der Waals surface area (Å²) in [7, 11) is 4.72. The molecule has 9 heteroatoms. The van der Waals surface area contributed by atoms with Gasteiger partial charge >= 0.3 is 5.97 Å². The highest BCUT2D eigenvalue weighted by atomic mass is 32.1. The van der Waals surface area contributed by atoms with Crippen LogP contribution in [0, 0.1) is 6.92 Å². The minimum atomic E-state index is -0.491. The smallest absolute Gasteiger partial charge is 0.341 e. The topological polar surface area (TPSA) is 65.1 Å². The maximum atomic E-state index is 12.7. The molecule has 37 heavy (non-hydrogen) atoms. The number of hydrogen-bond acceptors (Lipinski definition) is 6. The number of rotatable bonds is 6. The first-order valence-corrected chi connectivity index (χ1v) is 13.4. The molecule has 0 aliphatic carbocycles. The average molecular weight is 537 g/mol. The van der Waals surface area contributed by atoms with E-state index in [0.717, 1.165) is 26.2 Å². The van der Waals surface area contributed by atoms with Crippen molar-refractivity contribution < 1.29 is 14.3 Å². The zero-order valence-electron chi connectivity index (χ0n) is 21.6. The normalized spacial score (nSPS) is 13.9. The lowest BCUT2D eigenvalue weighted by Crippen LogP contribution is -2.51. The van der Waals surface area contributed by atoms with Gasteiger partial charge in [-0.1, -0.05) is 60.7 Å². The van der Waals surface area contributed by atoms with Gasteiger partial charge in [0, 0.05) is 40.3 Å². The summed E-state index contributed by atoms with van der Waals surface area (Å²) in [4.78, 5) is 31.8. The van der Waals surface area contributed by atoms with Crippen LogP contribution in [0.25, 0.3) is 0 Å². The van der Waals surface area contributed by atoms with Crippen molar-refractivity contribution >= 4 is 45.5 Å². The van der Waals surface area contributed by atoms with E-state index in [1.807, 2.05) is 12.1 Å². The molecule has 0 atom stereocenters. The second-order valence-electron chi connectivity index (χ2n) is 9.13. The van der Waals surface area contributed by atoms with Crippen LogP contribution in [-0.4, -0.2) is 79.1 Å². The van der Waals surface area contributed by atoms with Crippen LogP contribution in [0.3, 0.4) is 0 Å². The van der Waals surface area contributed by atoms with Crippen LogP contribution in [0.5, 0.6) is 0 Å². The third-order valence-corrected chi connectivity index (χ3v) is 8.11. The molecule has 1 aliphatic heterocycles. The van der Waals surface area contributed by atoms with Gasteiger partial charge in [-0.25, -0.2) is 4.79 Å². The molecule has 2 heterocycles. The summed E-state index contributed by atoms with van der Waals surface area (Å²) in [5.41, 5.74) is 3.47. The molecule has 194 valence electrons. The van der Waals surface area contributed by atoms with Gasteiger partial charge < -0.3 is 19.9 Å². The molecule has 0 radical (unpaired) electrons. The molecule has 1 aromatic heterocycles. The fraction of sp³-hybridized carbons (Fsp3) is 0.321. The molecule has 1 saturated heterocycles. The number of amides is 1. The predicted molar refractivity (Wildman–Crippen MR) is 153 cm³/mol. The molecular formula is C28H32N4O3S2. The number of esters is 1. The summed E-state index contributed by atoms with van der Waals surface area (Å²) in [6.45, 7) is 4.90. The van der Waals surface area contributed by atoms with Crippen molar-refractivity contribution in [3.8, 4) is 0 Å². The maximum Gasteiger partial charge on any atom is 0.341 e. The van der Waals surface area contributed by atoms with Gasteiger partial charge in [0.05, 0.1) is 23.6 Å². The Hall–Kier alpha value is -3.27. The SMILES string of the molecule is COC(=O)c1c(NC(=S)N2CCN(C(c3ccccc3)c3ccccc3)CC2)sc(C(=O)N(C)C)c1C. The van der Waals surface area contributed by atoms with Crippen LogP contribution in [0.4, 0.5) is 5.00 Å². The highest BCUT2D eigenvalue weighted by Gasteiger charge is 2.30. The second-order valence-corrected chi connectivity index (χ2v) is 10.5. The van der Waals surface area contributed by atoms with Crippen LogP contribution in [0.15, 0.2) is 60.7 Å². The summed E-state index contributed by atoms with van der Waals surface area (Å²) < 4.78 is 5.00. The molecule has 0 saturated carbocycles. The molecule has 1 aliphatic rings. The Morgan fingerprint density at radius 3 is 2.00 bits per heavy atom. The molecule has 7 nitrogen and oxygen atoms in total. The van der Waals surface area contributed by atoms with Crippen molar-refractivity contribution in [3.63, 3.8) is 0 Å². The Morgan fingerprint density at radius 1 is 0.973 bits per heavy atom. The summed E-state index contributed by atoms with van der Waals surface area (Å²) >= 11 is 6.99. The summed E-state index contributed by atoms with van der Waals surface area (Å²) in [5, 5.41) is 4.31. The third kappa shape index (κ3) is 5.84. The van der Waals surface area contributed by atoms with Crippen LogP contribution in [-0.2, 0) is 4.74 Å². The van der Waals surface area contributed by atoms with Gasteiger partial charge in [-0.3, -0.25) is 9.69 Å². The largest absolute Gasteiger partial charge is 0.465 e. The highest BCUT2D eigenvalue weighted by Crippen LogP contribution is 2.35. The van der Waals surface area contributed by atoms with E-state index in [2.05, 4.69) is 63.6 Å². The van der Waals surface area contributed by atoms with Crippen molar-refractivity contribution in [2.75, 3.05) is 52.7 Å². The zero-order chi connectivity index (χ0) is 26.5. The van der Waals surface area contributed by atoms with E-state index in [1.54, 1.807) is 21.0 Å². The number of thiophene rings is 1. The number of anilines is 1. The van der Waals surface area contributed by atoms with Crippen molar-refractivity contribution in [1.29, 1.82) is 0 Å². The lowest BCUT2D eigenvalue weighted by molar-refractivity contribution is 0.0601. The Balaban J connectivity index is 1.50.